The van der Waals surface area contributed by atoms with Crippen molar-refractivity contribution < 1.29 is 14.1 Å². The number of amides is 2. The zero-order chi connectivity index (χ0) is 14.3. The molecule has 1 aromatic heterocycles. The Kier molecular flexibility index (Phi) is 3.24. The minimum atomic E-state index is -0.371. The number of carbonyl (C=O) groups is 2. The second kappa shape index (κ2) is 4.80. The number of thioether (sulfide) groups is 1. The number of aryl methyl sites for hydroxylation is 1. The molecule has 0 aliphatic carbocycles. The van der Waals surface area contributed by atoms with Gasteiger partial charge in [-0.15, -0.1) is 11.8 Å². The van der Waals surface area contributed by atoms with Crippen LogP contribution in [0.15, 0.2) is 10.6 Å². The lowest BCUT2D eigenvalue weighted by atomic mass is 10.2. The quantitative estimate of drug-likeness (QED) is 0.902. The molecule has 2 aliphatic rings. The number of rotatable bonds is 3. The Balaban J connectivity index is 1.64. The van der Waals surface area contributed by atoms with Crippen molar-refractivity contribution in [2.24, 2.45) is 0 Å². The summed E-state index contributed by atoms with van der Waals surface area (Å²) in [4.78, 5) is 25.8. The third-order valence-corrected chi connectivity index (χ3v) is 5.37. The van der Waals surface area contributed by atoms with Gasteiger partial charge in [-0.3, -0.25) is 9.59 Å². The third kappa shape index (κ3) is 2.19. The second-order valence-corrected chi connectivity index (χ2v) is 6.92. The van der Waals surface area contributed by atoms with Crippen molar-refractivity contribution in [2.75, 3.05) is 5.75 Å². The highest BCUT2D eigenvalue weighted by molar-refractivity contribution is 8.01. The number of fused-ring (bicyclic) bond motifs is 1. The molecule has 7 heteroatoms. The summed E-state index contributed by atoms with van der Waals surface area (Å²) in [5.74, 6) is 1.24. The maximum Gasteiger partial charge on any atom is 0.244 e. The van der Waals surface area contributed by atoms with Crippen LogP contribution in [-0.4, -0.2) is 38.5 Å². The molecule has 3 heterocycles. The predicted molar refractivity (Wildman–Crippen MR) is 73.8 cm³/mol. The van der Waals surface area contributed by atoms with Gasteiger partial charge in [0.15, 0.2) is 5.76 Å². The molecule has 0 spiro atoms. The molecule has 108 valence electrons. The monoisotopic (exact) mass is 295 g/mol. The smallest absolute Gasteiger partial charge is 0.244 e. The summed E-state index contributed by atoms with van der Waals surface area (Å²) >= 11 is 1.69. The first kappa shape index (κ1) is 13.5. The Morgan fingerprint density at radius 1 is 1.70 bits per heavy atom. The zero-order valence-corrected chi connectivity index (χ0v) is 12.3. The Morgan fingerprint density at radius 3 is 3.20 bits per heavy atom. The highest BCUT2D eigenvalue weighted by atomic mass is 32.2. The molecular weight excluding hydrogens is 278 g/mol. The standard InChI is InChI=1S/C13H17N3O3S/c1-8-5-9(19-15-8)6-14-12(18)10-7-20-13(2)4-3-11(17)16(10)13/h5,10H,3-4,6-7H2,1-2H3,(H,14,18)/t10-,13-/m0/s1. The van der Waals surface area contributed by atoms with Crippen molar-refractivity contribution in [1.82, 2.24) is 15.4 Å². The first-order valence-electron chi connectivity index (χ1n) is 6.66. The highest BCUT2D eigenvalue weighted by Gasteiger charge is 2.52. The lowest BCUT2D eigenvalue weighted by Crippen LogP contribution is -2.49. The van der Waals surface area contributed by atoms with Gasteiger partial charge in [0.1, 0.15) is 6.04 Å². The fourth-order valence-electron chi connectivity index (χ4n) is 2.81. The Hall–Kier alpha value is -1.50. The maximum atomic E-state index is 12.3. The van der Waals surface area contributed by atoms with Crippen LogP contribution in [0.2, 0.25) is 0 Å². The summed E-state index contributed by atoms with van der Waals surface area (Å²) in [6.07, 6.45) is 1.36. The summed E-state index contributed by atoms with van der Waals surface area (Å²) in [6.45, 7) is 4.17. The SMILES string of the molecule is Cc1cc(CNC(=O)[C@@H]2CS[C@@]3(C)CCC(=O)N23)on1. The van der Waals surface area contributed by atoms with Crippen LogP contribution in [0.25, 0.3) is 0 Å². The molecule has 6 nitrogen and oxygen atoms in total. The number of nitrogens with zero attached hydrogens (tertiary/aromatic N) is 2. The van der Waals surface area contributed by atoms with Gasteiger partial charge < -0.3 is 14.7 Å². The molecule has 2 aliphatic heterocycles. The van der Waals surface area contributed by atoms with Gasteiger partial charge in [-0.25, -0.2) is 0 Å². The van der Waals surface area contributed by atoms with E-state index < -0.39 is 0 Å². The summed E-state index contributed by atoms with van der Waals surface area (Å²) in [5.41, 5.74) is 0.785. The van der Waals surface area contributed by atoms with Crippen molar-refractivity contribution in [1.29, 1.82) is 0 Å². The van der Waals surface area contributed by atoms with Crippen LogP contribution in [0.5, 0.6) is 0 Å². The molecular formula is C13H17N3O3S. The first-order chi connectivity index (χ1) is 9.49. The van der Waals surface area contributed by atoms with Gasteiger partial charge in [-0.1, -0.05) is 5.16 Å². The van der Waals surface area contributed by atoms with Gasteiger partial charge >= 0.3 is 0 Å². The van der Waals surface area contributed by atoms with Crippen molar-refractivity contribution in [3.05, 3.63) is 17.5 Å². The van der Waals surface area contributed by atoms with Gasteiger partial charge in [0.05, 0.1) is 17.1 Å². The number of hydrogen-bond acceptors (Lipinski definition) is 5. The Labute approximate surface area is 121 Å². The van der Waals surface area contributed by atoms with E-state index in [1.165, 1.54) is 0 Å². The van der Waals surface area contributed by atoms with Gasteiger partial charge in [-0.2, -0.15) is 0 Å². The van der Waals surface area contributed by atoms with E-state index in [0.717, 1.165) is 12.1 Å². The van der Waals surface area contributed by atoms with E-state index in [1.807, 2.05) is 13.8 Å². The van der Waals surface area contributed by atoms with E-state index in [1.54, 1.807) is 22.7 Å². The van der Waals surface area contributed by atoms with Crippen molar-refractivity contribution >= 4 is 23.6 Å². The van der Waals surface area contributed by atoms with E-state index in [0.29, 0.717) is 24.5 Å². The summed E-state index contributed by atoms with van der Waals surface area (Å²) < 4.78 is 5.05. The fourth-order valence-corrected chi connectivity index (χ4v) is 4.24. The number of hydrogen-bond donors (Lipinski definition) is 1. The average Bonchev–Trinajstić information content (AvgIpc) is 3.04. The largest absolute Gasteiger partial charge is 0.359 e. The molecule has 0 saturated carbocycles. The van der Waals surface area contributed by atoms with Crippen LogP contribution in [0.1, 0.15) is 31.2 Å². The summed E-state index contributed by atoms with van der Waals surface area (Å²) in [6, 6.07) is 1.42. The van der Waals surface area contributed by atoms with Gasteiger partial charge in [-0.05, 0) is 20.3 Å². The van der Waals surface area contributed by atoms with Crippen LogP contribution >= 0.6 is 11.8 Å². The minimum absolute atomic E-state index is 0.0770. The van der Waals surface area contributed by atoms with E-state index in [9.17, 15) is 9.59 Å². The van der Waals surface area contributed by atoms with Crippen molar-refractivity contribution in [3.8, 4) is 0 Å². The molecule has 2 atom stereocenters. The number of aromatic nitrogens is 1. The second-order valence-electron chi connectivity index (χ2n) is 5.42. The van der Waals surface area contributed by atoms with Crippen LogP contribution in [0.4, 0.5) is 0 Å². The van der Waals surface area contributed by atoms with E-state index in [2.05, 4.69) is 10.5 Å². The molecule has 1 N–H and O–H groups in total. The Bertz CT molecular complexity index is 559. The van der Waals surface area contributed by atoms with E-state index in [4.69, 9.17) is 4.52 Å². The van der Waals surface area contributed by atoms with Gasteiger partial charge in [0.2, 0.25) is 11.8 Å². The number of nitrogens with one attached hydrogen (secondary N) is 1. The van der Waals surface area contributed by atoms with E-state index >= 15 is 0 Å². The minimum Gasteiger partial charge on any atom is -0.359 e. The molecule has 2 fully saturated rings. The lowest BCUT2D eigenvalue weighted by molar-refractivity contribution is -0.138. The van der Waals surface area contributed by atoms with Crippen LogP contribution in [0, 0.1) is 6.92 Å². The molecule has 0 unspecified atom stereocenters. The van der Waals surface area contributed by atoms with Crippen LogP contribution in [0.3, 0.4) is 0 Å². The molecule has 2 amide bonds. The molecule has 1 aromatic rings. The third-order valence-electron chi connectivity index (χ3n) is 3.86. The topological polar surface area (TPSA) is 75.4 Å². The Morgan fingerprint density at radius 2 is 2.50 bits per heavy atom. The molecule has 0 aromatic carbocycles. The molecule has 0 bridgehead atoms. The average molecular weight is 295 g/mol. The van der Waals surface area contributed by atoms with Crippen LogP contribution < -0.4 is 5.32 Å². The summed E-state index contributed by atoms with van der Waals surface area (Å²) in [7, 11) is 0. The van der Waals surface area contributed by atoms with Crippen molar-refractivity contribution in [3.63, 3.8) is 0 Å². The first-order valence-corrected chi connectivity index (χ1v) is 7.64. The molecule has 3 rings (SSSR count). The summed E-state index contributed by atoms with van der Waals surface area (Å²) in [5, 5.41) is 6.60. The normalized spacial score (nSPS) is 28.8. The lowest BCUT2D eigenvalue weighted by Gasteiger charge is -2.29. The van der Waals surface area contributed by atoms with Crippen molar-refractivity contribution in [2.45, 2.75) is 44.1 Å². The van der Waals surface area contributed by atoms with Crippen LogP contribution in [-0.2, 0) is 16.1 Å². The zero-order valence-electron chi connectivity index (χ0n) is 11.5. The predicted octanol–water partition coefficient (Wildman–Crippen LogP) is 1.05. The maximum absolute atomic E-state index is 12.3. The molecule has 20 heavy (non-hydrogen) atoms. The van der Waals surface area contributed by atoms with E-state index in [-0.39, 0.29) is 22.7 Å². The molecule has 2 saturated heterocycles. The fraction of sp³-hybridized carbons (Fsp3) is 0.615. The van der Waals surface area contributed by atoms with Gasteiger partial charge in [0.25, 0.3) is 0 Å². The molecule has 0 radical (unpaired) electrons. The number of carbonyl (C=O) groups excluding carboxylic acids is 2. The highest BCUT2D eigenvalue weighted by Crippen LogP contribution is 2.47. The van der Waals surface area contributed by atoms with Gasteiger partial charge in [0, 0.05) is 18.2 Å².